The first-order valence-corrected chi connectivity index (χ1v) is 8.97. The van der Waals surface area contributed by atoms with E-state index in [1.165, 1.54) is 12.1 Å². The molecule has 0 saturated heterocycles. The minimum atomic E-state index is -3.78. The fraction of sp³-hybridized carbons (Fsp3) is 0.133. The number of hydrogen-bond acceptors (Lipinski definition) is 3. The molecule has 5 nitrogen and oxygen atoms in total. The second-order valence-electron chi connectivity index (χ2n) is 5.04. The normalized spacial score (nSPS) is 11.1. The summed E-state index contributed by atoms with van der Waals surface area (Å²) in [6.45, 7) is 3.68. The quantitative estimate of drug-likeness (QED) is 0.722. The van der Waals surface area contributed by atoms with Gasteiger partial charge in [0.2, 0.25) is 10.0 Å². The summed E-state index contributed by atoms with van der Waals surface area (Å²) in [5, 5.41) is 12.2. The molecule has 0 heterocycles. The monoisotopic (exact) mass is 369 g/mol. The van der Waals surface area contributed by atoms with Gasteiger partial charge in [-0.05, 0) is 73.6 Å². The van der Waals surface area contributed by atoms with Gasteiger partial charge in [0.25, 0.3) is 0 Å². The van der Waals surface area contributed by atoms with Crippen LogP contribution in [0.25, 0.3) is 0 Å². The smallest absolute Gasteiger partial charge is 0.238 e. The van der Waals surface area contributed by atoms with Crippen molar-refractivity contribution in [2.24, 2.45) is 5.14 Å². The van der Waals surface area contributed by atoms with Gasteiger partial charge in [0.1, 0.15) is 0 Å². The van der Waals surface area contributed by atoms with E-state index in [4.69, 9.17) is 29.0 Å². The lowest BCUT2D eigenvalue weighted by Gasteiger charge is -2.15. The topological polar surface area (TPSA) is 84.2 Å². The molecule has 2 aromatic carbocycles. The lowest BCUT2D eigenvalue weighted by atomic mass is 10.1. The van der Waals surface area contributed by atoms with Crippen molar-refractivity contribution in [3.63, 3.8) is 0 Å². The van der Waals surface area contributed by atoms with E-state index < -0.39 is 10.0 Å². The van der Waals surface area contributed by atoms with Gasteiger partial charge < -0.3 is 10.6 Å². The molecule has 0 aliphatic rings. The number of anilines is 2. The molecule has 0 amide bonds. The highest BCUT2D eigenvalue weighted by Gasteiger charge is 2.13. The number of sulfonamides is 1. The lowest BCUT2D eigenvalue weighted by Crippen LogP contribution is -2.20. The van der Waals surface area contributed by atoms with E-state index in [-0.39, 0.29) is 4.90 Å². The molecule has 0 saturated carbocycles. The van der Waals surface area contributed by atoms with E-state index in [1.54, 1.807) is 24.3 Å². The molecular weight excluding hydrogens is 354 g/mol. The van der Waals surface area contributed by atoms with Crippen molar-refractivity contribution in [2.75, 3.05) is 10.6 Å². The summed E-state index contributed by atoms with van der Waals surface area (Å²) in [7, 11) is -3.78. The summed E-state index contributed by atoms with van der Waals surface area (Å²) in [6.07, 6.45) is 0. The van der Waals surface area contributed by atoms with Crippen LogP contribution in [0, 0.1) is 13.8 Å². The summed E-state index contributed by atoms with van der Waals surface area (Å²) in [6, 6.07) is 10.1. The fourth-order valence-electron chi connectivity index (χ4n) is 1.94. The van der Waals surface area contributed by atoms with E-state index in [0.29, 0.717) is 15.8 Å². The maximum absolute atomic E-state index is 11.5. The molecule has 2 aromatic rings. The molecule has 0 aromatic heterocycles. The van der Waals surface area contributed by atoms with Gasteiger partial charge in [-0.1, -0.05) is 11.6 Å². The molecule has 0 unspecified atom stereocenters. The van der Waals surface area contributed by atoms with Gasteiger partial charge in [-0.2, -0.15) is 0 Å². The van der Waals surface area contributed by atoms with E-state index in [2.05, 4.69) is 10.6 Å². The fourth-order valence-corrected chi connectivity index (χ4v) is 2.92. The van der Waals surface area contributed by atoms with E-state index in [1.807, 2.05) is 13.8 Å². The molecule has 23 heavy (non-hydrogen) atoms. The molecule has 0 bridgehead atoms. The highest BCUT2D eigenvalue weighted by molar-refractivity contribution is 7.89. The summed E-state index contributed by atoms with van der Waals surface area (Å²) >= 11 is 11.1. The van der Waals surface area contributed by atoms with Crippen molar-refractivity contribution in [3.05, 3.63) is 52.5 Å². The predicted octanol–water partition coefficient (Wildman–Crippen LogP) is 3.41. The third kappa shape index (κ3) is 4.65. The minimum Gasteiger partial charge on any atom is -0.332 e. The Bertz CT molecular complexity index is 850. The van der Waals surface area contributed by atoms with Crippen LogP contribution in [-0.4, -0.2) is 13.5 Å². The third-order valence-electron chi connectivity index (χ3n) is 3.32. The Labute approximate surface area is 145 Å². The highest BCUT2D eigenvalue weighted by Crippen LogP contribution is 2.24. The molecule has 8 heteroatoms. The molecule has 0 aliphatic carbocycles. The molecule has 122 valence electrons. The Kier molecular flexibility index (Phi) is 5.26. The minimum absolute atomic E-state index is 0.0393. The number of aryl methyl sites for hydroxylation is 1. The van der Waals surface area contributed by atoms with E-state index in [0.717, 1.165) is 16.8 Å². The first kappa shape index (κ1) is 17.7. The number of rotatable bonds is 3. The predicted molar refractivity (Wildman–Crippen MR) is 98.6 cm³/mol. The van der Waals surface area contributed by atoms with Gasteiger partial charge in [0.05, 0.1) is 4.90 Å². The second kappa shape index (κ2) is 6.84. The number of primary sulfonamides is 1. The number of hydrogen-bond donors (Lipinski definition) is 3. The van der Waals surface area contributed by atoms with Crippen molar-refractivity contribution in [1.82, 2.24) is 0 Å². The number of nitrogens with one attached hydrogen (secondary N) is 2. The first-order valence-electron chi connectivity index (χ1n) is 6.64. The summed E-state index contributed by atoms with van der Waals surface area (Å²) < 4.78 is 23.1. The van der Waals surface area contributed by atoms with Crippen molar-refractivity contribution < 1.29 is 8.42 Å². The summed E-state index contributed by atoms with van der Waals surface area (Å²) in [5.41, 5.74) is 3.04. The molecular formula is C15H16ClN3O2S2. The summed E-state index contributed by atoms with van der Waals surface area (Å²) in [4.78, 5) is 0.0393. The molecule has 0 spiro atoms. The number of halogens is 1. The first-order chi connectivity index (χ1) is 10.7. The third-order valence-corrected chi connectivity index (χ3v) is 4.67. The maximum Gasteiger partial charge on any atom is 0.238 e. The van der Waals surface area contributed by atoms with Gasteiger partial charge in [-0.15, -0.1) is 0 Å². The van der Waals surface area contributed by atoms with Crippen LogP contribution in [0.4, 0.5) is 11.4 Å². The molecule has 0 aliphatic heterocycles. The summed E-state index contributed by atoms with van der Waals surface area (Å²) in [5.74, 6) is 0. The number of thiocarbonyl (C=S) groups is 1. The van der Waals surface area contributed by atoms with Gasteiger partial charge in [0, 0.05) is 16.4 Å². The van der Waals surface area contributed by atoms with Crippen LogP contribution in [0.2, 0.25) is 5.02 Å². The van der Waals surface area contributed by atoms with Crippen molar-refractivity contribution in [2.45, 2.75) is 18.7 Å². The van der Waals surface area contributed by atoms with Gasteiger partial charge in [0.15, 0.2) is 5.11 Å². The Morgan fingerprint density at radius 3 is 2.30 bits per heavy atom. The molecule has 2 rings (SSSR count). The zero-order valence-corrected chi connectivity index (χ0v) is 14.9. The largest absolute Gasteiger partial charge is 0.332 e. The molecule has 0 atom stereocenters. The number of benzene rings is 2. The van der Waals surface area contributed by atoms with Gasteiger partial charge in [-0.25, -0.2) is 13.6 Å². The van der Waals surface area contributed by atoms with E-state index in [9.17, 15) is 8.42 Å². The van der Waals surface area contributed by atoms with Crippen molar-refractivity contribution >= 4 is 50.3 Å². The average molecular weight is 370 g/mol. The van der Waals surface area contributed by atoms with Crippen LogP contribution in [0.1, 0.15) is 11.1 Å². The van der Waals surface area contributed by atoms with Crippen LogP contribution in [0.15, 0.2) is 41.3 Å². The van der Waals surface area contributed by atoms with Crippen LogP contribution < -0.4 is 15.8 Å². The maximum atomic E-state index is 11.5. The Hall–Kier alpha value is -1.67. The Balaban J connectivity index is 2.23. The van der Waals surface area contributed by atoms with Crippen LogP contribution in [-0.2, 0) is 10.0 Å². The van der Waals surface area contributed by atoms with Gasteiger partial charge in [-0.3, -0.25) is 0 Å². The van der Waals surface area contributed by atoms with Gasteiger partial charge >= 0.3 is 0 Å². The Morgan fingerprint density at radius 1 is 1.13 bits per heavy atom. The SMILES string of the molecule is Cc1cc(S(N)(=O)=O)cc(NC(=S)Nc2ccc(Cl)cc2)c1C. The second-order valence-corrected chi connectivity index (χ2v) is 7.45. The van der Waals surface area contributed by atoms with E-state index >= 15 is 0 Å². The van der Waals surface area contributed by atoms with Crippen molar-refractivity contribution in [1.29, 1.82) is 0 Å². The standard InChI is InChI=1S/C15H16ClN3O2S2/c1-9-7-13(23(17,20)21)8-14(10(9)2)19-15(22)18-12-5-3-11(16)4-6-12/h3-8H,1-2H3,(H2,17,20,21)(H2,18,19,22). The van der Waals surface area contributed by atoms with Crippen molar-refractivity contribution in [3.8, 4) is 0 Å². The van der Waals surface area contributed by atoms with Crippen LogP contribution >= 0.6 is 23.8 Å². The number of nitrogens with two attached hydrogens (primary N) is 1. The van der Waals surface area contributed by atoms with Crippen LogP contribution in [0.3, 0.4) is 0 Å². The van der Waals surface area contributed by atoms with Crippen LogP contribution in [0.5, 0.6) is 0 Å². The molecule has 0 radical (unpaired) electrons. The highest BCUT2D eigenvalue weighted by atomic mass is 35.5. The lowest BCUT2D eigenvalue weighted by molar-refractivity contribution is 0.597. The molecule has 4 N–H and O–H groups in total. The zero-order valence-electron chi connectivity index (χ0n) is 12.6. The average Bonchev–Trinajstić information content (AvgIpc) is 2.45. The molecule has 0 fully saturated rings. The zero-order chi connectivity index (χ0) is 17.2. The Morgan fingerprint density at radius 2 is 1.74 bits per heavy atom.